The molecule has 0 bridgehead atoms. The van der Waals surface area contributed by atoms with Crippen LogP contribution in [0.3, 0.4) is 0 Å². The number of hydrogen-bond donors (Lipinski definition) is 1. The lowest BCUT2D eigenvalue weighted by molar-refractivity contribution is -0.133. The predicted octanol–water partition coefficient (Wildman–Crippen LogP) is 3.38. The zero-order valence-electron chi connectivity index (χ0n) is 12.7. The number of fused-ring (bicyclic) bond motifs is 1. The van der Waals surface area contributed by atoms with Gasteiger partial charge in [-0.25, -0.2) is 0 Å². The highest BCUT2D eigenvalue weighted by Crippen LogP contribution is 2.29. The molecule has 0 aliphatic carbocycles. The number of anilines is 1. The van der Waals surface area contributed by atoms with Crippen molar-refractivity contribution in [3.8, 4) is 0 Å². The van der Waals surface area contributed by atoms with Crippen molar-refractivity contribution in [3.63, 3.8) is 0 Å². The van der Waals surface area contributed by atoms with E-state index >= 15 is 0 Å². The third kappa shape index (κ3) is 3.25. The molecule has 0 radical (unpaired) electrons. The van der Waals surface area contributed by atoms with Crippen LogP contribution in [0.5, 0.6) is 0 Å². The number of nitrogens with zero attached hydrogens (tertiary/aromatic N) is 1. The van der Waals surface area contributed by atoms with E-state index in [2.05, 4.69) is 25.1 Å². The molecule has 3 rings (SSSR count). The molecule has 0 saturated carbocycles. The first-order valence-electron chi connectivity index (χ1n) is 7.37. The molecular formula is C18H21ClN2O. The Labute approximate surface area is 137 Å². The van der Waals surface area contributed by atoms with Crippen LogP contribution in [0.4, 0.5) is 5.69 Å². The monoisotopic (exact) mass is 316 g/mol. The summed E-state index contributed by atoms with van der Waals surface area (Å²) in [5.74, 6) is 0.182. The number of nitrogens with two attached hydrogens (primary N) is 1. The van der Waals surface area contributed by atoms with Gasteiger partial charge in [0.2, 0.25) is 5.91 Å². The minimum atomic E-state index is 0. The quantitative estimate of drug-likeness (QED) is 0.863. The van der Waals surface area contributed by atoms with Crippen molar-refractivity contribution in [1.82, 2.24) is 4.90 Å². The molecular weight excluding hydrogens is 296 g/mol. The van der Waals surface area contributed by atoms with Crippen molar-refractivity contribution in [2.24, 2.45) is 0 Å². The van der Waals surface area contributed by atoms with E-state index in [1.807, 2.05) is 35.2 Å². The SMILES string of the molecule is CC1c2ccccc2CCN1C(=O)Cc1ccc(N)cc1.Cl. The second-order valence-corrected chi connectivity index (χ2v) is 5.63. The van der Waals surface area contributed by atoms with E-state index in [-0.39, 0.29) is 24.4 Å². The Hall–Kier alpha value is -2.00. The smallest absolute Gasteiger partial charge is 0.227 e. The van der Waals surface area contributed by atoms with Crippen LogP contribution in [0.1, 0.15) is 29.7 Å². The summed E-state index contributed by atoms with van der Waals surface area (Å²) < 4.78 is 0. The molecule has 1 atom stereocenters. The van der Waals surface area contributed by atoms with Crippen molar-refractivity contribution in [3.05, 3.63) is 65.2 Å². The lowest BCUT2D eigenvalue weighted by atomic mass is 9.93. The van der Waals surface area contributed by atoms with Crippen LogP contribution in [0.25, 0.3) is 0 Å². The number of halogens is 1. The lowest BCUT2D eigenvalue weighted by Crippen LogP contribution is -2.39. The van der Waals surface area contributed by atoms with Crippen molar-refractivity contribution in [2.45, 2.75) is 25.8 Å². The number of rotatable bonds is 2. The Morgan fingerprint density at radius 3 is 2.59 bits per heavy atom. The molecule has 0 aromatic heterocycles. The first-order chi connectivity index (χ1) is 10.1. The largest absolute Gasteiger partial charge is 0.399 e. The number of benzene rings is 2. The number of carbonyl (C=O) groups is 1. The summed E-state index contributed by atoms with van der Waals surface area (Å²) in [5.41, 5.74) is 10.1. The summed E-state index contributed by atoms with van der Waals surface area (Å²) in [6.07, 6.45) is 1.38. The highest BCUT2D eigenvalue weighted by Gasteiger charge is 2.26. The van der Waals surface area contributed by atoms with Crippen LogP contribution in [0.2, 0.25) is 0 Å². The van der Waals surface area contributed by atoms with Crippen molar-refractivity contribution >= 4 is 24.0 Å². The van der Waals surface area contributed by atoms with Gasteiger partial charge in [-0.05, 0) is 42.2 Å². The maximum Gasteiger partial charge on any atom is 0.227 e. The first kappa shape index (κ1) is 16.4. The summed E-state index contributed by atoms with van der Waals surface area (Å²) in [6.45, 7) is 2.91. The predicted molar refractivity (Wildman–Crippen MR) is 92.1 cm³/mol. The van der Waals surface area contributed by atoms with Crippen LogP contribution in [0.15, 0.2) is 48.5 Å². The van der Waals surface area contributed by atoms with Crippen molar-refractivity contribution in [2.75, 3.05) is 12.3 Å². The molecule has 1 heterocycles. The minimum absolute atomic E-state index is 0. The Kier molecular flexibility index (Phi) is 5.09. The van der Waals surface area contributed by atoms with E-state index in [1.165, 1.54) is 11.1 Å². The molecule has 1 aliphatic rings. The van der Waals surface area contributed by atoms with E-state index in [0.717, 1.165) is 24.2 Å². The fraction of sp³-hybridized carbons (Fsp3) is 0.278. The van der Waals surface area contributed by atoms with E-state index in [0.29, 0.717) is 6.42 Å². The Morgan fingerprint density at radius 1 is 1.18 bits per heavy atom. The Balaban J connectivity index is 0.00000176. The molecule has 3 nitrogen and oxygen atoms in total. The average molecular weight is 317 g/mol. The van der Waals surface area contributed by atoms with E-state index in [4.69, 9.17) is 5.73 Å². The van der Waals surface area contributed by atoms with Gasteiger partial charge in [-0.1, -0.05) is 36.4 Å². The number of amides is 1. The zero-order chi connectivity index (χ0) is 14.8. The third-order valence-corrected chi connectivity index (χ3v) is 4.25. The normalized spacial score (nSPS) is 16.6. The topological polar surface area (TPSA) is 46.3 Å². The van der Waals surface area contributed by atoms with Crippen molar-refractivity contribution in [1.29, 1.82) is 0 Å². The van der Waals surface area contributed by atoms with E-state index in [1.54, 1.807) is 0 Å². The Morgan fingerprint density at radius 2 is 1.86 bits per heavy atom. The van der Waals surface area contributed by atoms with Gasteiger partial charge >= 0.3 is 0 Å². The van der Waals surface area contributed by atoms with E-state index < -0.39 is 0 Å². The summed E-state index contributed by atoms with van der Waals surface area (Å²) in [4.78, 5) is 14.6. The van der Waals surface area contributed by atoms with Gasteiger partial charge in [-0.3, -0.25) is 4.79 Å². The number of carbonyl (C=O) groups excluding carboxylic acids is 1. The van der Waals surface area contributed by atoms with Crippen molar-refractivity contribution < 1.29 is 4.79 Å². The second kappa shape index (κ2) is 6.84. The summed E-state index contributed by atoms with van der Waals surface area (Å²) in [7, 11) is 0. The highest BCUT2D eigenvalue weighted by atomic mass is 35.5. The van der Waals surface area contributed by atoms with E-state index in [9.17, 15) is 4.79 Å². The molecule has 1 unspecified atom stereocenters. The molecule has 1 amide bonds. The molecule has 4 heteroatoms. The standard InChI is InChI=1S/C18H20N2O.ClH/c1-13-17-5-3-2-4-15(17)10-11-20(13)18(21)12-14-6-8-16(19)9-7-14;/h2-9,13H,10-12,19H2,1H3;1H. The van der Waals surface area contributed by atoms with Crippen LogP contribution in [0, 0.1) is 0 Å². The molecule has 0 fully saturated rings. The van der Waals surface area contributed by atoms with Gasteiger partial charge in [0, 0.05) is 12.2 Å². The second-order valence-electron chi connectivity index (χ2n) is 5.63. The molecule has 0 saturated heterocycles. The van der Waals surface area contributed by atoms with Crippen LogP contribution in [-0.4, -0.2) is 17.4 Å². The fourth-order valence-corrected chi connectivity index (χ4v) is 3.02. The van der Waals surface area contributed by atoms with Gasteiger partial charge in [0.05, 0.1) is 12.5 Å². The Bertz CT molecular complexity index is 654. The number of nitrogen functional groups attached to an aromatic ring is 1. The minimum Gasteiger partial charge on any atom is -0.399 e. The van der Waals surface area contributed by atoms with Crippen LogP contribution >= 0.6 is 12.4 Å². The van der Waals surface area contributed by atoms with Crippen LogP contribution in [-0.2, 0) is 17.6 Å². The molecule has 22 heavy (non-hydrogen) atoms. The first-order valence-corrected chi connectivity index (χ1v) is 7.37. The van der Waals surface area contributed by atoms with Gasteiger partial charge in [0.1, 0.15) is 0 Å². The maximum absolute atomic E-state index is 12.6. The van der Waals surface area contributed by atoms with Gasteiger partial charge in [0.25, 0.3) is 0 Å². The lowest BCUT2D eigenvalue weighted by Gasteiger charge is -2.35. The summed E-state index contributed by atoms with van der Waals surface area (Å²) in [6, 6.07) is 16.1. The fourth-order valence-electron chi connectivity index (χ4n) is 3.02. The molecule has 0 spiro atoms. The van der Waals surface area contributed by atoms with Crippen LogP contribution < -0.4 is 5.73 Å². The number of hydrogen-bond acceptors (Lipinski definition) is 2. The molecule has 2 aromatic rings. The maximum atomic E-state index is 12.6. The molecule has 116 valence electrons. The molecule has 1 aliphatic heterocycles. The third-order valence-electron chi connectivity index (χ3n) is 4.25. The highest BCUT2D eigenvalue weighted by molar-refractivity contribution is 5.85. The average Bonchev–Trinajstić information content (AvgIpc) is 2.50. The summed E-state index contributed by atoms with van der Waals surface area (Å²) >= 11 is 0. The van der Waals surface area contributed by atoms with Gasteiger partial charge in [0.15, 0.2) is 0 Å². The summed E-state index contributed by atoms with van der Waals surface area (Å²) in [5, 5.41) is 0. The van der Waals surface area contributed by atoms with Gasteiger partial charge < -0.3 is 10.6 Å². The molecule has 2 aromatic carbocycles. The zero-order valence-corrected chi connectivity index (χ0v) is 13.5. The molecule has 2 N–H and O–H groups in total. The van der Waals surface area contributed by atoms with Gasteiger partial charge in [-0.2, -0.15) is 0 Å². The van der Waals surface area contributed by atoms with Gasteiger partial charge in [-0.15, -0.1) is 12.4 Å².